The molecule has 4 nitrogen and oxygen atoms in total. The third-order valence-electron chi connectivity index (χ3n) is 3.68. The van der Waals surface area contributed by atoms with Crippen molar-refractivity contribution in [3.05, 3.63) is 0 Å². The van der Waals surface area contributed by atoms with Crippen molar-refractivity contribution in [2.45, 2.75) is 38.3 Å². The van der Waals surface area contributed by atoms with Crippen LogP contribution in [0.1, 0.15) is 26.2 Å². The monoisotopic (exact) mass is 211 g/mol. The van der Waals surface area contributed by atoms with E-state index in [1.54, 1.807) is 0 Å². The lowest BCUT2D eigenvalue weighted by molar-refractivity contribution is 0.114. The van der Waals surface area contributed by atoms with E-state index in [0.717, 1.165) is 32.5 Å². The Balaban J connectivity index is 1.79. The molecule has 1 atom stereocenters. The third kappa shape index (κ3) is 2.43. The van der Waals surface area contributed by atoms with E-state index in [9.17, 15) is 4.79 Å². The second kappa shape index (κ2) is 4.39. The molecule has 2 fully saturated rings. The number of piperazine rings is 1. The van der Waals surface area contributed by atoms with Crippen molar-refractivity contribution in [2.24, 2.45) is 0 Å². The van der Waals surface area contributed by atoms with Crippen LogP contribution < -0.4 is 5.32 Å². The van der Waals surface area contributed by atoms with Crippen LogP contribution in [0.5, 0.6) is 0 Å². The molecule has 1 unspecified atom stereocenters. The van der Waals surface area contributed by atoms with Gasteiger partial charge < -0.3 is 15.1 Å². The molecule has 2 amide bonds. The molecule has 0 radical (unpaired) electrons. The van der Waals surface area contributed by atoms with E-state index in [2.05, 4.69) is 24.2 Å². The number of nitrogens with zero attached hydrogens (tertiary/aromatic N) is 2. The number of nitrogens with one attached hydrogen (secondary N) is 1. The highest BCUT2D eigenvalue weighted by atomic mass is 16.2. The number of carbonyl (C=O) groups excluding carboxylic acids is 1. The molecule has 1 aliphatic carbocycles. The summed E-state index contributed by atoms with van der Waals surface area (Å²) in [5.41, 5.74) is 0. The fourth-order valence-corrected chi connectivity index (χ4v) is 2.05. The number of likely N-dealkylation sites (N-methyl/N-ethyl adjacent to an activating group) is 1. The molecule has 1 saturated heterocycles. The molecule has 86 valence electrons. The average molecular weight is 211 g/mol. The summed E-state index contributed by atoms with van der Waals surface area (Å²) >= 11 is 0. The summed E-state index contributed by atoms with van der Waals surface area (Å²) in [5.74, 6) is 0. The summed E-state index contributed by atoms with van der Waals surface area (Å²) in [5, 5.41) is 3.09. The first-order valence-corrected chi connectivity index (χ1v) is 5.92. The van der Waals surface area contributed by atoms with Crippen LogP contribution in [0.25, 0.3) is 0 Å². The minimum absolute atomic E-state index is 0.139. The number of hydrogen-bond donors (Lipinski definition) is 1. The van der Waals surface area contributed by atoms with Crippen LogP contribution in [0, 0.1) is 0 Å². The van der Waals surface area contributed by atoms with Crippen molar-refractivity contribution in [2.75, 3.05) is 26.7 Å². The zero-order chi connectivity index (χ0) is 10.8. The predicted molar refractivity (Wildman–Crippen MR) is 59.8 cm³/mol. The summed E-state index contributed by atoms with van der Waals surface area (Å²) < 4.78 is 0. The molecule has 1 heterocycles. The highest BCUT2D eigenvalue weighted by Gasteiger charge is 2.27. The first-order chi connectivity index (χ1) is 7.16. The van der Waals surface area contributed by atoms with Gasteiger partial charge in [-0.2, -0.15) is 0 Å². The fourth-order valence-electron chi connectivity index (χ4n) is 2.05. The zero-order valence-corrected chi connectivity index (χ0v) is 9.70. The molecular formula is C11H21N3O. The average Bonchev–Trinajstić information content (AvgIpc) is 2.15. The Hall–Kier alpha value is -0.770. The Labute approximate surface area is 91.6 Å². The van der Waals surface area contributed by atoms with Crippen molar-refractivity contribution in [3.63, 3.8) is 0 Å². The number of amides is 2. The van der Waals surface area contributed by atoms with Gasteiger partial charge in [-0.3, -0.25) is 0 Å². The maximum Gasteiger partial charge on any atom is 0.317 e. The zero-order valence-electron chi connectivity index (χ0n) is 9.70. The number of hydrogen-bond acceptors (Lipinski definition) is 2. The van der Waals surface area contributed by atoms with E-state index >= 15 is 0 Å². The van der Waals surface area contributed by atoms with Gasteiger partial charge in [-0.15, -0.1) is 0 Å². The molecule has 2 rings (SSSR count). The molecule has 0 aromatic heterocycles. The van der Waals surface area contributed by atoms with Gasteiger partial charge in [0.05, 0.1) is 0 Å². The highest BCUT2D eigenvalue weighted by Crippen LogP contribution is 2.18. The topological polar surface area (TPSA) is 35.6 Å². The second-order valence-corrected chi connectivity index (χ2v) is 4.85. The predicted octanol–water partition coefficient (Wildman–Crippen LogP) is 0.884. The van der Waals surface area contributed by atoms with Gasteiger partial charge in [-0.05, 0) is 33.2 Å². The third-order valence-corrected chi connectivity index (χ3v) is 3.68. The van der Waals surface area contributed by atoms with Gasteiger partial charge in [-0.1, -0.05) is 0 Å². The van der Waals surface area contributed by atoms with E-state index < -0.39 is 0 Å². The van der Waals surface area contributed by atoms with Gasteiger partial charge in [0.25, 0.3) is 0 Å². The minimum atomic E-state index is 0.139. The van der Waals surface area contributed by atoms with Crippen molar-refractivity contribution in [3.8, 4) is 0 Å². The molecule has 4 heteroatoms. The lowest BCUT2D eigenvalue weighted by Crippen LogP contribution is -2.56. The van der Waals surface area contributed by atoms with Crippen molar-refractivity contribution < 1.29 is 4.79 Å². The number of carbonyl (C=O) groups is 1. The van der Waals surface area contributed by atoms with Gasteiger partial charge in [0.15, 0.2) is 0 Å². The number of urea groups is 1. The molecular weight excluding hydrogens is 190 g/mol. The van der Waals surface area contributed by atoms with Crippen LogP contribution in [-0.4, -0.2) is 54.6 Å². The molecule has 2 aliphatic rings. The van der Waals surface area contributed by atoms with Gasteiger partial charge in [-0.25, -0.2) is 4.79 Å². The largest absolute Gasteiger partial charge is 0.335 e. The summed E-state index contributed by atoms with van der Waals surface area (Å²) in [6.07, 6.45) is 3.59. The lowest BCUT2D eigenvalue weighted by atomic mass is 9.93. The van der Waals surface area contributed by atoms with E-state index in [4.69, 9.17) is 0 Å². The molecule has 0 spiro atoms. The van der Waals surface area contributed by atoms with E-state index in [0.29, 0.717) is 12.1 Å². The highest BCUT2D eigenvalue weighted by molar-refractivity contribution is 5.74. The normalized spacial score (nSPS) is 28.7. The Bertz CT molecular complexity index is 240. The van der Waals surface area contributed by atoms with Crippen LogP contribution in [0.15, 0.2) is 0 Å². The van der Waals surface area contributed by atoms with Crippen LogP contribution >= 0.6 is 0 Å². The second-order valence-electron chi connectivity index (χ2n) is 4.85. The van der Waals surface area contributed by atoms with Crippen molar-refractivity contribution >= 4 is 6.03 Å². The lowest BCUT2D eigenvalue weighted by Gasteiger charge is -2.39. The SMILES string of the molecule is CC1CN(C(=O)NC2CCC2)CCN1C. The van der Waals surface area contributed by atoms with Crippen LogP contribution in [0.2, 0.25) is 0 Å². The van der Waals surface area contributed by atoms with Gasteiger partial charge in [0.1, 0.15) is 0 Å². The quantitative estimate of drug-likeness (QED) is 0.699. The van der Waals surface area contributed by atoms with Gasteiger partial charge >= 0.3 is 6.03 Å². The van der Waals surface area contributed by atoms with Crippen LogP contribution in [0.3, 0.4) is 0 Å². The molecule has 0 aromatic rings. The molecule has 15 heavy (non-hydrogen) atoms. The maximum absolute atomic E-state index is 11.8. The van der Waals surface area contributed by atoms with Crippen LogP contribution in [0.4, 0.5) is 4.79 Å². The molecule has 0 bridgehead atoms. The Morgan fingerprint density at radius 2 is 2.07 bits per heavy atom. The molecule has 1 saturated carbocycles. The van der Waals surface area contributed by atoms with Gasteiger partial charge in [0, 0.05) is 31.7 Å². The number of rotatable bonds is 1. The Morgan fingerprint density at radius 1 is 1.33 bits per heavy atom. The molecule has 0 aromatic carbocycles. The Kier molecular flexibility index (Phi) is 3.14. The summed E-state index contributed by atoms with van der Waals surface area (Å²) in [6, 6.07) is 1.07. The smallest absolute Gasteiger partial charge is 0.317 e. The fraction of sp³-hybridized carbons (Fsp3) is 0.909. The van der Waals surface area contributed by atoms with Gasteiger partial charge in [0.2, 0.25) is 0 Å². The summed E-state index contributed by atoms with van der Waals surface area (Å²) in [4.78, 5) is 16.1. The first-order valence-electron chi connectivity index (χ1n) is 5.92. The van der Waals surface area contributed by atoms with E-state index in [1.165, 1.54) is 6.42 Å². The minimum Gasteiger partial charge on any atom is -0.335 e. The van der Waals surface area contributed by atoms with Crippen molar-refractivity contribution in [1.82, 2.24) is 15.1 Å². The maximum atomic E-state index is 11.8. The first kappa shape index (κ1) is 10.7. The van der Waals surface area contributed by atoms with E-state index in [-0.39, 0.29) is 6.03 Å². The summed E-state index contributed by atoms with van der Waals surface area (Å²) in [7, 11) is 2.12. The van der Waals surface area contributed by atoms with E-state index in [1.807, 2.05) is 4.90 Å². The Morgan fingerprint density at radius 3 is 2.60 bits per heavy atom. The van der Waals surface area contributed by atoms with Crippen LogP contribution in [-0.2, 0) is 0 Å². The van der Waals surface area contributed by atoms with Crippen molar-refractivity contribution in [1.29, 1.82) is 0 Å². The molecule has 1 aliphatic heterocycles. The standard InChI is InChI=1S/C11H21N3O/c1-9-8-14(7-6-13(9)2)11(15)12-10-4-3-5-10/h9-10H,3-8H2,1-2H3,(H,12,15). The molecule has 1 N–H and O–H groups in total. The summed E-state index contributed by atoms with van der Waals surface area (Å²) in [6.45, 7) is 4.87.